The maximum absolute atomic E-state index is 6.29. The van der Waals surface area contributed by atoms with Gasteiger partial charge in [-0.15, -0.1) is 11.3 Å². The summed E-state index contributed by atoms with van der Waals surface area (Å²) in [5.41, 5.74) is 2.58. The molecule has 1 saturated heterocycles. The first-order valence-corrected chi connectivity index (χ1v) is 10.4. The molecule has 1 fully saturated rings. The number of nitrogens with zero attached hydrogens (tertiary/aromatic N) is 3. The summed E-state index contributed by atoms with van der Waals surface area (Å²) in [4.78, 5) is 7.95. The van der Waals surface area contributed by atoms with Crippen LogP contribution in [0.25, 0.3) is 10.7 Å². The van der Waals surface area contributed by atoms with Gasteiger partial charge < -0.3 is 9.26 Å². The molecule has 3 heterocycles. The lowest BCUT2D eigenvalue weighted by atomic mass is 9.93. The van der Waals surface area contributed by atoms with Gasteiger partial charge >= 0.3 is 0 Å². The molecule has 134 valence electrons. The summed E-state index contributed by atoms with van der Waals surface area (Å²) in [6.07, 6.45) is 2.13. The van der Waals surface area contributed by atoms with E-state index < -0.39 is 0 Å². The van der Waals surface area contributed by atoms with E-state index in [1.165, 1.54) is 11.1 Å². The predicted molar refractivity (Wildman–Crippen MR) is 103 cm³/mol. The molecule has 0 saturated carbocycles. The second kappa shape index (κ2) is 6.56. The number of thiophene rings is 1. The Morgan fingerprint density at radius 1 is 1.23 bits per heavy atom. The van der Waals surface area contributed by atoms with E-state index in [0.717, 1.165) is 41.2 Å². The van der Waals surface area contributed by atoms with Gasteiger partial charge in [0.05, 0.1) is 21.8 Å². The van der Waals surface area contributed by atoms with Crippen molar-refractivity contribution in [3.8, 4) is 10.7 Å². The molecule has 1 unspecified atom stereocenters. The number of halogens is 1. The normalized spacial score (nSPS) is 22.8. The van der Waals surface area contributed by atoms with Crippen LogP contribution in [0.4, 0.5) is 0 Å². The first-order valence-electron chi connectivity index (χ1n) is 8.75. The molecule has 1 atom stereocenters. The Morgan fingerprint density at radius 3 is 3.04 bits per heavy atom. The number of hydrogen-bond acceptors (Lipinski definition) is 6. The number of hydrogen-bond donors (Lipinski definition) is 0. The number of benzene rings is 1. The fraction of sp³-hybridized carbons (Fsp3) is 0.368. The fourth-order valence-electron chi connectivity index (χ4n) is 4.00. The van der Waals surface area contributed by atoms with E-state index in [2.05, 4.69) is 55.2 Å². The fourth-order valence-corrected chi connectivity index (χ4v) is 5.32. The van der Waals surface area contributed by atoms with Gasteiger partial charge in [0.15, 0.2) is 0 Å². The van der Waals surface area contributed by atoms with Crippen molar-refractivity contribution in [2.75, 3.05) is 19.7 Å². The zero-order valence-electron chi connectivity index (χ0n) is 14.2. The highest BCUT2D eigenvalue weighted by molar-refractivity contribution is 9.11. The molecule has 0 radical (unpaired) electrons. The van der Waals surface area contributed by atoms with Crippen LogP contribution in [0.3, 0.4) is 0 Å². The molecule has 1 spiro atoms. The van der Waals surface area contributed by atoms with Crippen LogP contribution in [0.2, 0.25) is 0 Å². The lowest BCUT2D eigenvalue weighted by Gasteiger charge is -2.40. The van der Waals surface area contributed by atoms with Gasteiger partial charge in [0.1, 0.15) is 5.60 Å². The van der Waals surface area contributed by atoms with Crippen molar-refractivity contribution in [3.05, 3.63) is 57.2 Å². The summed E-state index contributed by atoms with van der Waals surface area (Å²) in [5.74, 6) is 1.32. The minimum atomic E-state index is -0.184. The second-order valence-electron chi connectivity index (χ2n) is 6.83. The predicted octanol–water partition coefficient (Wildman–Crippen LogP) is 4.23. The number of aromatic nitrogens is 2. The molecule has 0 N–H and O–H groups in total. The maximum Gasteiger partial charge on any atom is 0.241 e. The van der Waals surface area contributed by atoms with Gasteiger partial charge in [0, 0.05) is 13.1 Å². The van der Waals surface area contributed by atoms with Gasteiger partial charge in [-0.1, -0.05) is 29.4 Å². The molecule has 2 aromatic heterocycles. The molecule has 5 nitrogen and oxygen atoms in total. The first kappa shape index (κ1) is 16.6. The van der Waals surface area contributed by atoms with E-state index in [-0.39, 0.29) is 5.60 Å². The summed E-state index contributed by atoms with van der Waals surface area (Å²) in [7, 11) is 0. The van der Waals surface area contributed by atoms with Crippen LogP contribution >= 0.6 is 27.3 Å². The second-order valence-corrected chi connectivity index (χ2v) is 9.29. The summed E-state index contributed by atoms with van der Waals surface area (Å²) in [5, 5.41) is 4.14. The van der Waals surface area contributed by atoms with E-state index in [0.29, 0.717) is 18.3 Å². The summed E-state index contributed by atoms with van der Waals surface area (Å²) < 4.78 is 12.8. The molecule has 2 aliphatic rings. The minimum absolute atomic E-state index is 0.184. The van der Waals surface area contributed by atoms with E-state index in [1.807, 2.05) is 12.1 Å². The third-order valence-electron chi connectivity index (χ3n) is 5.19. The molecule has 1 aliphatic carbocycles. The van der Waals surface area contributed by atoms with Crippen molar-refractivity contribution in [1.29, 1.82) is 0 Å². The van der Waals surface area contributed by atoms with Gasteiger partial charge in [-0.2, -0.15) is 4.98 Å². The summed E-state index contributed by atoms with van der Waals surface area (Å²) >= 11 is 5.08. The molecule has 5 rings (SSSR count). The van der Waals surface area contributed by atoms with Crippen LogP contribution in [0, 0.1) is 0 Å². The average Bonchev–Trinajstić information content (AvgIpc) is 3.36. The smallest absolute Gasteiger partial charge is 0.241 e. The Morgan fingerprint density at radius 2 is 2.15 bits per heavy atom. The van der Waals surface area contributed by atoms with Crippen molar-refractivity contribution in [1.82, 2.24) is 15.0 Å². The molecule has 0 bridgehead atoms. The zero-order valence-corrected chi connectivity index (χ0v) is 16.6. The lowest BCUT2D eigenvalue weighted by Crippen LogP contribution is -2.48. The molecule has 7 heteroatoms. The van der Waals surface area contributed by atoms with E-state index in [4.69, 9.17) is 9.26 Å². The van der Waals surface area contributed by atoms with Crippen LogP contribution in [-0.4, -0.2) is 34.7 Å². The van der Waals surface area contributed by atoms with Crippen molar-refractivity contribution in [2.24, 2.45) is 0 Å². The van der Waals surface area contributed by atoms with Crippen LogP contribution in [0.1, 0.15) is 23.4 Å². The lowest BCUT2D eigenvalue weighted by molar-refractivity contribution is -0.117. The number of fused-ring (bicyclic) bond motifs is 2. The molecule has 1 aromatic carbocycles. The van der Waals surface area contributed by atoms with Crippen molar-refractivity contribution in [3.63, 3.8) is 0 Å². The highest BCUT2D eigenvalue weighted by atomic mass is 79.9. The van der Waals surface area contributed by atoms with E-state index in [1.54, 1.807) is 11.3 Å². The molecule has 0 amide bonds. The van der Waals surface area contributed by atoms with Crippen LogP contribution in [0.5, 0.6) is 0 Å². The molecule has 3 aromatic rings. The van der Waals surface area contributed by atoms with E-state index in [9.17, 15) is 0 Å². The first-order chi connectivity index (χ1) is 12.7. The summed E-state index contributed by atoms with van der Waals surface area (Å²) in [6, 6.07) is 12.7. The van der Waals surface area contributed by atoms with Gasteiger partial charge in [-0.3, -0.25) is 4.90 Å². The van der Waals surface area contributed by atoms with Crippen molar-refractivity contribution in [2.45, 2.75) is 25.0 Å². The summed E-state index contributed by atoms with van der Waals surface area (Å²) in [6.45, 7) is 3.14. The number of ether oxygens (including phenoxy) is 1. The maximum atomic E-state index is 6.29. The highest BCUT2D eigenvalue weighted by Gasteiger charge is 2.43. The number of aryl methyl sites for hydroxylation is 1. The Balaban J connectivity index is 1.33. The van der Waals surface area contributed by atoms with Gasteiger partial charge in [-0.05, 0) is 52.0 Å². The monoisotopic (exact) mass is 431 g/mol. The SMILES string of the molecule is Brc1ccc(-c2noc(CN3CCOC4(CCc5ccccc54)C3)n2)s1. The average molecular weight is 432 g/mol. The minimum Gasteiger partial charge on any atom is -0.368 e. The third kappa shape index (κ3) is 2.93. The third-order valence-corrected chi connectivity index (χ3v) is 6.81. The van der Waals surface area contributed by atoms with Gasteiger partial charge in [0.2, 0.25) is 11.7 Å². The Kier molecular flexibility index (Phi) is 4.20. The van der Waals surface area contributed by atoms with Crippen LogP contribution < -0.4 is 0 Å². The zero-order chi connectivity index (χ0) is 17.6. The van der Waals surface area contributed by atoms with Gasteiger partial charge in [-0.25, -0.2) is 0 Å². The van der Waals surface area contributed by atoms with Crippen LogP contribution in [-0.2, 0) is 23.3 Å². The Hall–Kier alpha value is -1.54. The Labute approximate surface area is 164 Å². The Bertz CT molecular complexity index is 936. The quantitative estimate of drug-likeness (QED) is 0.620. The van der Waals surface area contributed by atoms with Gasteiger partial charge in [0.25, 0.3) is 0 Å². The van der Waals surface area contributed by atoms with Crippen LogP contribution in [0.15, 0.2) is 44.7 Å². The molecule has 1 aliphatic heterocycles. The molecular weight excluding hydrogens is 414 g/mol. The largest absolute Gasteiger partial charge is 0.368 e. The van der Waals surface area contributed by atoms with Crippen molar-refractivity contribution >= 4 is 27.3 Å². The highest BCUT2D eigenvalue weighted by Crippen LogP contribution is 2.42. The van der Waals surface area contributed by atoms with Crippen molar-refractivity contribution < 1.29 is 9.26 Å². The van der Waals surface area contributed by atoms with E-state index >= 15 is 0 Å². The number of rotatable bonds is 3. The molecular formula is C19H18BrN3O2S. The standard InChI is InChI=1S/C19H18BrN3O2S/c20-16-6-5-15(26-16)18-21-17(25-22-18)11-23-9-10-24-19(12-23)8-7-13-3-1-2-4-14(13)19/h1-6H,7-12H2. The number of morpholine rings is 1. The molecule has 26 heavy (non-hydrogen) atoms. The topological polar surface area (TPSA) is 51.4 Å².